The van der Waals surface area contributed by atoms with E-state index >= 15 is 0 Å². The highest BCUT2D eigenvalue weighted by Gasteiger charge is 2.38. The zero-order valence-corrected chi connectivity index (χ0v) is 15.6. The molecule has 2 saturated heterocycles. The van der Waals surface area contributed by atoms with E-state index in [2.05, 4.69) is 27.7 Å². The van der Waals surface area contributed by atoms with Crippen LogP contribution < -0.4 is 0 Å². The van der Waals surface area contributed by atoms with Crippen molar-refractivity contribution in [2.45, 2.75) is 59.5 Å². The van der Waals surface area contributed by atoms with E-state index in [0.29, 0.717) is 22.9 Å². The minimum absolute atomic E-state index is 0.294. The summed E-state index contributed by atoms with van der Waals surface area (Å²) in [5.74, 6) is 0.586. The fourth-order valence-corrected chi connectivity index (χ4v) is 3.04. The molecule has 4 heteroatoms. The van der Waals surface area contributed by atoms with Gasteiger partial charge in [-0.15, -0.1) is 0 Å². The molecular weight excluding hydrogens is 292 g/mol. The molecule has 0 N–H and O–H groups in total. The van der Waals surface area contributed by atoms with Crippen LogP contribution in [0.2, 0.25) is 0 Å². The summed E-state index contributed by atoms with van der Waals surface area (Å²) in [6.45, 7) is 14.9. The Balaban J connectivity index is 1.52. The van der Waals surface area contributed by atoms with Crippen molar-refractivity contribution in [2.75, 3.05) is 46.2 Å². The Labute approximate surface area is 142 Å². The third-order valence-corrected chi connectivity index (χ3v) is 5.68. The zero-order chi connectivity index (χ0) is 16.8. The van der Waals surface area contributed by atoms with Crippen LogP contribution in [-0.4, -0.2) is 52.4 Å². The first-order chi connectivity index (χ1) is 11.0. The summed E-state index contributed by atoms with van der Waals surface area (Å²) in [5.41, 5.74) is 0.595. The lowest BCUT2D eigenvalue weighted by atomic mass is 9.84. The Morgan fingerprint density at radius 1 is 0.870 bits per heavy atom. The third kappa shape index (κ3) is 5.42. The average molecular weight is 328 g/mol. The zero-order valence-electron chi connectivity index (χ0n) is 15.6. The van der Waals surface area contributed by atoms with Crippen molar-refractivity contribution in [3.8, 4) is 0 Å². The molecule has 0 aromatic carbocycles. The van der Waals surface area contributed by atoms with Gasteiger partial charge in [-0.1, -0.05) is 20.8 Å². The van der Waals surface area contributed by atoms with E-state index in [1.165, 1.54) is 0 Å². The van der Waals surface area contributed by atoms with E-state index in [9.17, 15) is 0 Å². The molecule has 0 aliphatic carbocycles. The monoisotopic (exact) mass is 328 g/mol. The minimum Gasteiger partial charge on any atom is -0.380 e. The molecule has 2 fully saturated rings. The highest BCUT2D eigenvalue weighted by atomic mass is 16.5. The van der Waals surface area contributed by atoms with Gasteiger partial charge in [-0.05, 0) is 38.5 Å². The van der Waals surface area contributed by atoms with Crippen LogP contribution in [-0.2, 0) is 18.9 Å². The molecule has 0 bridgehead atoms. The van der Waals surface area contributed by atoms with Crippen molar-refractivity contribution in [1.29, 1.82) is 0 Å². The van der Waals surface area contributed by atoms with Crippen molar-refractivity contribution >= 4 is 0 Å². The Kier molecular flexibility index (Phi) is 7.33. The van der Waals surface area contributed by atoms with Crippen molar-refractivity contribution in [1.82, 2.24) is 0 Å². The van der Waals surface area contributed by atoms with Crippen LogP contribution in [0.3, 0.4) is 0 Å². The van der Waals surface area contributed by atoms with Gasteiger partial charge in [0.1, 0.15) is 0 Å². The lowest BCUT2D eigenvalue weighted by molar-refractivity contribution is -0.160. The third-order valence-electron chi connectivity index (χ3n) is 5.68. The van der Waals surface area contributed by atoms with Gasteiger partial charge in [0, 0.05) is 17.4 Å². The summed E-state index contributed by atoms with van der Waals surface area (Å²) in [7, 11) is 0. The smallest absolute Gasteiger partial charge is 0.0570 e. The lowest BCUT2D eigenvalue weighted by Crippen LogP contribution is -2.46. The predicted octanol–water partition coefficient (Wildman–Crippen LogP) is 3.68. The summed E-state index contributed by atoms with van der Waals surface area (Å²) in [5, 5.41) is 0. The summed E-state index contributed by atoms with van der Waals surface area (Å²) < 4.78 is 22.7. The Bertz CT molecular complexity index is 325. The summed E-state index contributed by atoms with van der Waals surface area (Å²) in [4.78, 5) is 0. The van der Waals surface area contributed by atoms with Crippen LogP contribution in [0.1, 0.15) is 53.4 Å². The normalized spacial score (nSPS) is 24.5. The van der Waals surface area contributed by atoms with Crippen LogP contribution in [0.5, 0.6) is 0 Å². The van der Waals surface area contributed by atoms with Gasteiger partial charge in [0.15, 0.2) is 0 Å². The average Bonchev–Trinajstić information content (AvgIpc) is 2.47. The SMILES string of the molecule is CCC1(COCC(C)CCC(C)OCC2(CC)COC2)COC1. The fourth-order valence-electron chi connectivity index (χ4n) is 3.04. The van der Waals surface area contributed by atoms with Gasteiger partial charge in [-0.2, -0.15) is 0 Å². The van der Waals surface area contributed by atoms with E-state index in [1.54, 1.807) is 0 Å². The summed E-state index contributed by atoms with van der Waals surface area (Å²) in [6, 6.07) is 0. The first kappa shape index (κ1) is 19.2. The van der Waals surface area contributed by atoms with Crippen LogP contribution in [0, 0.1) is 16.7 Å². The molecule has 0 amide bonds. The maximum Gasteiger partial charge on any atom is 0.0570 e. The topological polar surface area (TPSA) is 36.9 Å². The van der Waals surface area contributed by atoms with Crippen LogP contribution in [0.25, 0.3) is 0 Å². The molecule has 2 heterocycles. The molecule has 2 aliphatic heterocycles. The van der Waals surface area contributed by atoms with Gasteiger partial charge >= 0.3 is 0 Å². The minimum atomic E-state index is 0.294. The van der Waals surface area contributed by atoms with Crippen molar-refractivity contribution < 1.29 is 18.9 Å². The Morgan fingerprint density at radius 3 is 1.91 bits per heavy atom. The molecule has 136 valence electrons. The van der Waals surface area contributed by atoms with Gasteiger partial charge < -0.3 is 18.9 Å². The van der Waals surface area contributed by atoms with Crippen LogP contribution in [0.15, 0.2) is 0 Å². The molecule has 2 atom stereocenters. The highest BCUT2D eigenvalue weighted by Crippen LogP contribution is 2.32. The van der Waals surface area contributed by atoms with Gasteiger partial charge in [0.05, 0.1) is 45.7 Å². The second-order valence-corrected chi connectivity index (χ2v) is 8.01. The molecule has 0 saturated carbocycles. The molecule has 0 radical (unpaired) electrons. The van der Waals surface area contributed by atoms with E-state index in [1.807, 2.05) is 0 Å². The Hall–Kier alpha value is -0.160. The molecule has 0 spiro atoms. The highest BCUT2D eigenvalue weighted by molar-refractivity contribution is 4.85. The first-order valence-corrected chi connectivity index (χ1v) is 9.38. The van der Waals surface area contributed by atoms with E-state index < -0.39 is 0 Å². The number of ether oxygens (including phenoxy) is 4. The molecule has 2 rings (SSSR count). The lowest BCUT2D eigenvalue weighted by Gasteiger charge is -2.41. The number of rotatable bonds is 12. The molecule has 2 unspecified atom stereocenters. The van der Waals surface area contributed by atoms with E-state index in [4.69, 9.17) is 18.9 Å². The summed E-state index contributed by atoms with van der Waals surface area (Å²) in [6.07, 6.45) is 4.88. The molecule has 0 aromatic rings. The second kappa shape index (κ2) is 8.80. The molecule has 23 heavy (non-hydrogen) atoms. The number of hydrogen-bond donors (Lipinski definition) is 0. The second-order valence-electron chi connectivity index (χ2n) is 8.01. The molecular formula is C19H36O4. The van der Waals surface area contributed by atoms with E-state index in [0.717, 1.165) is 71.9 Å². The standard InChI is InChI=1S/C19H36O4/c1-5-18(11-21-12-18)10-20-9-16(3)7-8-17(4)23-15-19(6-2)13-22-14-19/h16-17H,5-15H2,1-4H3. The Morgan fingerprint density at radius 2 is 1.43 bits per heavy atom. The number of hydrogen-bond acceptors (Lipinski definition) is 4. The first-order valence-electron chi connectivity index (χ1n) is 9.38. The maximum absolute atomic E-state index is 6.06. The van der Waals surface area contributed by atoms with E-state index in [-0.39, 0.29) is 0 Å². The summed E-state index contributed by atoms with van der Waals surface area (Å²) >= 11 is 0. The van der Waals surface area contributed by atoms with Crippen LogP contribution >= 0.6 is 0 Å². The molecule has 4 nitrogen and oxygen atoms in total. The van der Waals surface area contributed by atoms with Crippen molar-refractivity contribution in [3.63, 3.8) is 0 Å². The predicted molar refractivity (Wildman–Crippen MR) is 91.7 cm³/mol. The largest absolute Gasteiger partial charge is 0.380 e. The fraction of sp³-hybridized carbons (Fsp3) is 1.00. The van der Waals surface area contributed by atoms with Crippen LogP contribution in [0.4, 0.5) is 0 Å². The van der Waals surface area contributed by atoms with Gasteiger partial charge in [0.25, 0.3) is 0 Å². The van der Waals surface area contributed by atoms with Gasteiger partial charge in [-0.25, -0.2) is 0 Å². The quantitative estimate of drug-likeness (QED) is 0.548. The van der Waals surface area contributed by atoms with Crippen molar-refractivity contribution in [2.24, 2.45) is 16.7 Å². The van der Waals surface area contributed by atoms with Gasteiger partial charge in [0.2, 0.25) is 0 Å². The molecule has 2 aliphatic rings. The van der Waals surface area contributed by atoms with Crippen molar-refractivity contribution in [3.05, 3.63) is 0 Å². The maximum atomic E-state index is 6.06. The van der Waals surface area contributed by atoms with Gasteiger partial charge in [-0.3, -0.25) is 0 Å². The molecule has 0 aromatic heterocycles.